The summed E-state index contributed by atoms with van der Waals surface area (Å²) < 4.78 is 1.03. The summed E-state index contributed by atoms with van der Waals surface area (Å²) in [5.41, 5.74) is 0. The molecule has 100 valence electrons. The lowest BCUT2D eigenvalue weighted by Crippen LogP contribution is -2.00. The molecule has 0 spiro atoms. The van der Waals surface area contributed by atoms with Crippen molar-refractivity contribution in [2.75, 3.05) is 18.3 Å². The summed E-state index contributed by atoms with van der Waals surface area (Å²) in [6.45, 7) is 2.10. The number of nitrogens with zero attached hydrogens (tertiary/aromatic N) is 3. The third-order valence-electron chi connectivity index (χ3n) is 2.11. The maximum absolute atomic E-state index is 9.23. The van der Waals surface area contributed by atoms with Gasteiger partial charge in [0.05, 0.1) is 9.13 Å². The lowest BCUT2D eigenvalue weighted by atomic mass is 10.6. The molecule has 0 aliphatic carbocycles. The first-order chi connectivity index (χ1) is 9.23. The van der Waals surface area contributed by atoms with Crippen LogP contribution in [0, 0.1) is 11.3 Å². The van der Waals surface area contributed by atoms with Gasteiger partial charge in [-0.15, -0.1) is 23.5 Å². The van der Waals surface area contributed by atoms with E-state index in [0.717, 1.165) is 35.0 Å². The van der Waals surface area contributed by atoms with Gasteiger partial charge in [0.25, 0.3) is 0 Å². The fourth-order valence-corrected chi connectivity index (χ4v) is 5.76. The molecule has 0 saturated heterocycles. The molecule has 1 aliphatic rings. The lowest BCUT2D eigenvalue weighted by molar-refractivity contribution is 0.765. The molecule has 0 N–H and O–H groups in total. The van der Waals surface area contributed by atoms with Gasteiger partial charge in [-0.05, 0) is 18.3 Å². The molecule has 2 heterocycles. The number of aromatic nitrogens is 2. The highest BCUT2D eigenvalue weighted by Gasteiger charge is 2.25. The molecule has 0 amide bonds. The molecule has 0 saturated carbocycles. The number of hydrogen-bond donors (Lipinski definition) is 0. The summed E-state index contributed by atoms with van der Waals surface area (Å²) in [7, 11) is 0. The van der Waals surface area contributed by atoms with Gasteiger partial charge in [0.15, 0.2) is 5.16 Å². The molecule has 0 radical (unpaired) electrons. The molecule has 0 fully saturated rings. The number of hydrogen-bond acceptors (Lipinski definition) is 8. The van der Waals surface area contributed by atoms with E-state index in [-0.39, 0.29) is 0 Å². The van der Waals surface area contributed by atoms with E-state index in [1.54, 1.807) is 47.0 Å². The first-order valence-corrected chi connectivity index (χ1v) is 10.4. The van der Waals surface area contributed by atoms with Crippen LogP contribution in [0.15, 0.2) is 29.2 Å². The van der Waals surface area contributed by atoms with Crippen LogP contribution in [0.2, 0.25) is 0 Å². The minimum Gasteiger partial charge on any atom is -0.215 e. The Morgan fingerprint density at radius 2 is 2.00 bits per heavy atom. The van der Waals surface area contributed by atoms with Crippen molar-refractivity contribution in [2.24, 2.45) is 0 Å². The van der Waals surface area contributed by atoms with E-state index in [1.807, 2.05) is 12.5 Å². The van der Waals surface area contributed by atoms with E-state index in [4.69, 9.17) is 0 Å². The highest BCUT2D eigenvalue weighted by atomic mass is 32.2. The van der Waals surface area contributed by atoms with Crippen LogP contribution in [-0.4, -0.2) is 28.2 Å². The number of thioether (sulfide) groups is 5. The quantitative estimate of drug-likeness (QED) is 0.447. The van der Waals surface area contributed by atoms with Gasteiger partial charge in [0.1, 0.15) is 21.0 Å². The number of fused-ring (bicyclic) bond motifs is 1. The largest absolute Gasteiger partial charge is 0.215 e. The van der Waals surface area contributed by atoms with Crippen LogP contribution in [-0.2, 0) is 0 Å². The third kappa shape index (κ3) is 3.39. The topological polar surface area (TPSA) is 49.6 Å². The minimum absolute atomic E-state index is 0.753. The number of allylic oxidation sites excluding steroid dienone is 1. The highest BCUT2D eigenvalue weighted by Crippen LogP contribution is 2.51. The second-order valence-electron chi connectivity index (χ2n) is 3.22. The highest BCUT2D eigenvalue weighted by molar-refractivity contribution is 8.24. The molecule has 0 aromatic carbocycles. The second kappa shape index (κ2) is 7.18. The third-order valence-corrected chi connectivity index (χ3v) is 7.33. The van der Waals surface area contributed by atoms with Crippen molar-refractivity contribution in [2.45, 2.75) is 27.0 Å². The Bertz CT molecular complexity index is 564. The van der Waals surface area contributed by atoms with E-state index in [2.05, 4.69) is 23.0 Å². The maximum Gasteiger partial charge on any atom is 0.189 e. The normalized spacial score (nSPS) is 14.2. The molecule has 3 nitrogen and oxygen atoms in total. The van der Waals surface area contributed by atoms with Crippen LogP contribution in [0.4, 0.5) is 0 Å². The zero-order chi connectivity index (χ0) is 13.8. The molecule has 0 atom stereocenters. The van der Waals surface area contributed by atoms with Crippen molar-refractivity contribution in [1.82, 2.24) is 9.97 Å². The predicted octanol–water partition coefficient (Wildman–Crippen LogP) is 4.56. The maximum atomic E-state index is 9.23. The van der Waals surface area contributed by atoms with E-state index in [9.17, 15) is 5.26 Å². The Morgan fingerprint density at radius 3 is 2.58 bits per heavy atom. The Balaban J connectivity index is 2.48. The smallest absolute Gasteiger partial charge is 0.189 e. The molecule has 19 heavy (non-hydrogen) atoms. The van der Waals surface area contributed by atoms with Crippen LogP contribution < -0.4 is 0 Å². The van der Waals surface area contributed by atoms with Crippen molar-refractivity contribution < 1.29 is 0 Å². The van der Waals surface area contributed by atoms with Crippen molar-refractivity contribution in [1.29, 1.82) is 5.26 Å². The summed E-state index contributed by atoms with van der Waals surface area (Å²) in [5.74, 6) is 0.962. The van der Waals surface area contributed by atoms with Crippen LogP contribution in [0.5, 0.6) is 0 Å². The summed E-state index contributed by atoms with van der Waals surface area (Å²) >= 11 is 7.93. The van der Waals surface area contributed by atoms with Gasteiger partial charge in [0, 0.05) is 0 Å². The summed E-state index contributed by atoms with van der Waals surface area (Å²) in [6, 6.07) is 2.27. The minimum atomic E-state index is 0.753. The van der Waals surface area contributed by atoms with Gasteiger partial charge in [-0.3, -0.25) is 0 Å². The van der Waals surface area contributed by atoms with E-state index >= 15 is 0 Å². The van der Waals surface area contributed by atoms with Gasteiger partial charge in [0.2, 0.25) is 0 Å². The van der Waals surface area contributed by atoms with Gasteiger partial charge >= 0.3 is 0 Å². The Labute approximate surface area is 134 Å². The standard InChI is InChI=1S/C11H11N3S5/c1-4-17-8-7-9(14-11(13-8)16-3)19-10(15-2)6(5-12)18-7/h4H2,1-3H3. The average Bonchev–Trinajstić information content (AvgIpc) is 2.45. The van der Waals surface area contributed by atoms with Gasteiger partial charge in [-0.1, -0.05) is 42.2 Å². The molecule has 1 aliphatic heterocycles. The molecular weight excluding hydrogens is 334 g/mol. The zero-order valence-corrected chi connectivity index (χ0v) is 14.7. The summed E-state index contributed by atoms with van der Waals surface area (Å²) in [6.07, 6.45) is 3.97. The first-order valence-electron chi connectivity index (χ1n) is 5.36. The predicted molar refractivity (Wildman–Crippen MR) is 88.1 cm³/mol. The summed E-state index contributed by atoms with van der Waals surface area (Å²) in [4.78, 5) is 10.9. The zero-order valence-electron chi connectivity index (χ0n) is 10.6. The number of nitriles is 1. The van der Waals surface area contributed by atoms with Crippen molar-refractivity contribution in [3.05, 3.63) is 9.14 Å². The SMILES string of the molecule is CCSc1nc(SC)nc2c1SC(C#N)=C(SC)S2. The molecule has 2 rings (SSSR count). The second-order valence-corrected chi connectivity index (χ2v) is 8.34. The molecule has 8 heteroatoms. The van der Waals surface area contributed by atoms with Crippen molar-refractivity contribution in [3.63, 3.8) is 0 Å². The number of rotatable bonds is 4. The molecule has 1 aromatic rings. The van der Waals surface area contributed by atoms with Gasteiger partial charge in [-0.25, -0.2) is 9.97 Å². The molecule has 0 bridgehead atoms. The molecule has 0 unspecified atom stereocenters. The molecule has 1 aromatic heterocycles. The van der Waals surface area contributed by atoms with Crippen LogP contribution in [0.3, 0.4) is 0 Å². The van der Waals surface area contributed by atoms with Gasteiger partial charge < -0.3 is 0 Å². The van der Waals surface area contributed by atoms with E-state index in [1.165, 1.54) is 11.8 Å². The van der Waals surface area contributed by atoms with Crippen LogP contribution in [0.25, 0.3) is 0 Å². The van der Waals surface area contributed by atoms with Crippen LogP contribution in [0.1, 0.15) is 6.92 Å². The monoisotopic (exact) mass is 345 g/mol. The average molecular weight is 346 g/mol. The van der Waals surface area contributed by atoms with Crippen molar-refractivity contribution >= 4 is 58.8 Å². The van der Waals surface area contributed by atoms with Crippen LogP contribution >= 0.6 is 58.8 Å². The Hall–Kier alpha value is 0.0600. The fraction of sp³-hybridized carbons (Fsp3) is 0.364. The lowest BCUT2D eigenvalue weighted by Gasteiger charge is -2.18. The van der Waals surface area contributed by atoms with E-state index in [0.29, 0.717) is 0 Å². The van der Waals surface area contributed by atoms with Crippen molar-refractivity contribution in [3.8, 4) is 6.07 Å². The fourth-order valence-electron chi connectivity index (χ4n) is 1.35. The summed E-state index contributed by atoms with van der Waals surface area (Å²) in [5, 5.41) is 12.0. The molecular formula is C11H11N3S5. The van der Waals surface area contributed by atoms with Gasteiger partial charge in [-0.2, -0.15) is 5.26 Å². The van der Waals surface area contributed by atoms with E-state index < -0.39 is 0 Å². The first kappa shape index (κ1) is 15.4. The Kier molecular flexibility index (Phi) is 5.84. The Morgan fingerprint density at radius 1 is 1.21 bits per heavy atom.